The molecular formula is C26H28N4O4. The Balaban J connectivity index is 1.25. The topological polar surface area (TPSA) is 94.9 Å². The molecule has 2 N–H and O–H groups in total. The number of anilines is 2. The molecule has 2 heterocycles. The molecule has 0 radical (unpaired) electrons. The fraction of sp³-hybridized carbons (Fsp3) is 0.269. The van der Waals surface area contributed by atoms with E-state index in [1.54, 1.807) is 41.3 Å². The van der Waals surface area contributed by atoms with E-state index in [2.05, 4.69) is 15.5 Å². The van der Waals surface area contributed by atoms with Crippen molar-refractivity contribution < 1.29 is 18.8 Å². The van der Waals surface area contributed by atoms with Crippen LogP contribution in [0.15, 0.2) is 65.3 Å². The highest BCUT2D eigenvalue weighted by atomic mass is 16.3. The lowest BCUT2D eigenvalue weighted by molar-refractivity contribution is -0.117. The molecule has 3 aromatic rings. The van der Waals surface area contributed by atoms with E-state index in [1.807, 2.05) is 32.0 Å². The summed E-state index contributed by atoms with van der Waals surface area (Å²) in [7, 11) is 0. The maximum atomic E-state index is 12.9. The van der Waals surface area contributed by atoms with Crippen molar-refractivity contribution in [2.24, 2.45) is 0 Å². The number of amides is 3. The van der Waals surface area contributed by atoms with Gasteiger partial charge < -0.3 is 20.0 Å². The molecule has 1 fully saturated rings. The number of piperazine rings is 1. The molecule has 1 saturated heterocycles. The van der Waals surface area contributed by atoms with E-state index in [-0.39, 0.29) is 23.5 Å². The van der Waals surface area contributed by atoms with Crippen LogP contribution in [0.2, 0.25) is 0 Å². The average molecular weight is 461 g/mol. The van der Waals surface area contributed by atoms with Crippen LogP contribution in [0.25, 0.3) is 0 Å². The Hall–Kier alpha value is -3.91. The Morgan fingerprint density at radius 3 is 2.29 bits per heavy atom. The first-order valence-electron chi connectivity index (χ1n) is 11.2. The van der Waals surface area contributed by atoms with E-state index in [1.165, 1.54) is 6.26 Å². The fourth-order valence-corrected chi connectivity index (χ4v) is 3.87. The number of hydrogen-bond donors (Lipinski definition) is 2. The second kappa shape index (κ2) is 10.4. The van der Waals surface area contributed by atoms with E-state index in [0.29, 0.717) is 44.0 Å². The predicted molar refractivity (Wildman–Crippen MR) is 130 cm³/mol. The number of aryl methyl sites for hydroxylation is 1. The first-order valence-corrected chi connectivity index (χ1v) is 11.2. The van der Waals surface area contributed by atoms with Crippen molar-refractivity contribution in [3.8, 4) is 0 Å². The van der Waals surface area contributed by atoms with Crippen molar-refractivity contribution in [1.29, 1.82) is 0 Å². The highest BCUT2D eigenvalue weighted by Gasteiger charge is 2.23. The fourth-order valence-electron chi connectivity index (χ4n) is 3.87. The summed E-state index contributed by atoms with van der Waals surface area (Å²) in [6.45, 7) is 6.66. The smallest absolute Gasteiger partial charge is 0.291 e. The molecule has 2 aromatic carbocycles. The highest BCUT2D eigenvalue weighted by Crippen LogP contribution is 2.18. The van der Waals surface area contributed by atoms with Gasteiger partial charge in [0.05, 0.1) is 12.8 Å². The lowest BCUT2D eigenvalue weighted by atomic mass is 10.1. The molecule has 0 spiro atoms. The van der Waals surface area contributed by atoms with E-state index < -0.39 is 0 Å². The van der Waals surface area contributed by atoms with Crippen LogP contribution in [0.4, 0.5) is 11.4 Å². The van der Waals surface area contributed by atoms with Gasteiger partial charge in [-0.1, -0.05) is 12.1 Å². The number of carbonyl (C=O) groups is 3. The zero-order valence-electron chi connectivity index (χ0n) is 19.3. The molecule has 8 nitrogen and oxygen atoms in total. The molecule has 0 unspecified atom stereocenters. The summed E-state index contributed by atoms with van der Waals surface area (Å²) in [5.74, 6) is -0.244. The largest absolute Gasteiger partial charge is 0.459 e. The molecule has 0 bridgehead atoms. The van der Waals surface area contributed by atoms with E-state index >= 15 is 0 Å². The van der Waals surface area contributed by atoms with E-state index in [9.17, 15) is 14.4 Å². The normalized spacial score (nSPS) is 14.0. The van der Waals surface area contributed by atoms with Crippen LogP contribution in [-0.4, -0.2) is 60.2 Å². The van der Waals surface area contributed by atoms with Gasteiger partial charge in [0.25, 0.3) is 11.8 Å². The maximum absolute atomic E-state index is 12.9. The third-order valence-electron chi connectivity index (χ3n) is 6.04. The van der Waals surface area contributed by atoms with Gasteiger partial charge in [0.1, 0.15) is 0 Å². The van der Waals surface area contributed by atoms with E-state index in [0.717, 1.165) is 16.8 Å². The minimum atomic E-state index is -0.346. The molecule has 176 valence electrons. The summed E-state index contributed by atoms with van der Waals surface area (Å²) < 4.78 is 5.08. The van der Waals surface area contributed by atoms with Gasteiger partial charge >= 0.3 is 0 Å². The van der Waals surface area contributed by atoms with Crippen molar-refractivity contribution in [3.63, 3.8) is 0 Å². The van der Waals surface area contributed by atoms with Gasteiger partial charge in [-0.25, -0.2) is 0 Å². The Morgan fingerprint density at radius 2 is 1.62 bits per heavy atom. The minimum absolute atomic E-state index is 0.0549. The van der Waals surface area contributed by atoms with Crippen LogP contribution in [0, 0.1) is 13.8 Å². The first kappa shape index (κ1) is 23.3. The quantitative estimate of drug-likeness (QED) is 0.587. The molecule has 0 saturated carbocycles. The zero-order valence-corrected chi connectivity index (χ0v) is 19.3. The van der Waals surface area contributed by atoms with Crippen LogP contribution < -0.4 is 10.6 Å². The lowest BCUT2D eigenvalue weighted by Crippen LogP contribution is -2.50. The standard InChI is InChI=1S/C26H28N4O4/c1-18-5-3-6-22(19(18)2)28-24(31)17-29-12-14-30(15-13-29)26(33)20-8-10-21(11-9-20)27-25(32)23-7-4-16-34-23/h3-11,16H,12-15,17H2,1-2H3,(H,27,32)(H,28,31). The molecular weight excluding hydrogens is 432 g/mol. The van der Waals surface area contributed by atoms with Crippen LogP contribution in [0.5, 0.6) is 0 Å². The summed E-state index contributed by atoms with van der Waals surface area (Å²) >= 11 is 0. The molecule has 1 aromatic heterocycles. The summed E-state index contributed by atoms with van der Waals surface area (Å²) in [6, 6.07) is 15.9. The molecule has 34 heavy (non-hydrogen) atoms. The first-order chi connectivity index (χ1) is 16.4. The Labute approximate surface area is 198 Å². The second-order valence-corrected chi connectivity index (χ2v) is 8.37. The Bertz CT molecular complexity index is 1160. The number of furan rings is 1. The van der Waals surface area contributed by atoms with Gasteiger partial charge in [0.2, 0.25) is 5.91 Å². The van der Waals surface area contributed by atoms with Crippen molar-refractivity contribution in [1.82, 2.24) is 9.80 Å². The summed E-state index contributed by atoms with van der Waals surface area (Å²) in [4.78, 5) is 41.3. The molecule has 0 atom stereocenters. The number of nitrogens with one attached hydrogen (secondary N) is 2. The van der Waals surface area contributed by atoms with Gasteiger partial charge in [0.15, 0.2) is 5.76 Å². The molecule has 1 aliphatic heterocycles. The lowest BCUT2D eigenvalue weighted by Gasteiger charge is -2.34. The van der Waals surface area contributed by atoms with Crippen molar-refractivity contribution >= 4 is 29.1 Å². The van der Waals surface area contributed by atoms with Crippen LogP contribution in [0.1, 0.15) is 32.0 Å². The van der Waals surface area contributed by atoms with Gasteiger partial charge in [-0.05, 0) is 67.4 Å². The molecule has 8 heteroatoms. The summed E-state index contributed by atoms with van der Waals surface area (Å²) in [5.41, 5.74) is 4.17. The third-order valence-corrected chi connectivity index (χ3v) is 6.04. The van der Waals surface area contributed by atoms with Crippen LogP contribution in [-0.2, 0) is 4.79 Å². The Kier molecular flexibility index (Phi) is 7.08. The molecule has 0 aliphatic carbocycles. The monoisotopic (exact) mass is 460 g/mol. The SMILES string of the molecule is Cc1cccc(NC(=O)CN2CCN(C(=O)c3ccc(NC(=O)c4ccco4)cc3)CC2)c1C. The minimum Gasteiger partial charge on any atom is -0.459 e. The van der Waals surface area contributed by atoms with Gasteiger partial charge in [-0.3, -0.25) is 19.3 Å². The van der Waals surface area contributed by atoms with Crippen molar-refractivity contribution in [3.05, 3.63) is 83.3 Å². The zero-order chi connectivity index (χ0) is 24.1. The van der Waals surface area contributed by atoms with Crippen molar-refractivity contribution in [2.75, 3.05) is 43.4 Å². The molecule has 4 rings (SSSR count). The van der Waals surface area contributed by atoms with Crippen LogP contribution in [0.3, 0.4) is 0 Å². The summed E-state index contributed by atoms with van der Waals surface area (Å²) in [6.07, 6.45) is 1.44. The second-order valence-electron chi connectivity index (χ2n) is 8.37. The number of rotatable bonds is 6. The predicted octanol–water partition coefficient (Wildman–Crippen LogP) is 3.55. The molecule has 3 amide bonds. The van der Waals surface area contributed by atoms with Gasteiger partial charge in [-0.2, -0.15) is 0 Å². The van der Waals surface area contributed by atoms with Gasteiger partial charge in [0, 0.05) is 43.1 Å². The van der Waals surface area contributed by atoms with Crippen LogP contribution >= 0.6 is 0 Å². The third kappa shape index (κ3) is 5.52. The average Bonchev–Trinajstić information content (AvgIpc) is 3.38. The maximum Gasteiger partial charge on any atom is 0.291 e. The summed E-state index contributed by atoms with van der Waals surface area (Å²) in [5, 5.41) is 5.72. The number of benzene rings is 2. The highest BCUT2D eigenvalue weighted by molar-refractivity contribution is 6.02. The Morgan fingerprint density at radius 1 is 0.882 bits per heavy atom. The number of carbonyl (C=O) groups excluding carboxylic acids is 3. The molecule has 1 aliphatic rings. The van der Waals surface area contributed by atoms with Crippen molar-refractivity contribution in [2.45, 2.75) is 13.8 Å². The number of nitrogens with zero attached hydrogens (tertiary/aromatic N) is 2. The van der Waals surface area contributed by atoms with E-state index in [4.69, 9.17) is 4.42 Å². The van der Waals surface area contributed by atoms with Gasteiger partial charge in [-0.15, -0.1) is 0 Å². The number of hydrogen-bond acceptors (Lipinski definition) is 5.